The van der Waals surface area contributed by atoms with E-state index in [0.717, 1.165) is 50.5 Å². The fraction of sp³-hybridized carbons (Fsp3) is 0.400. The minimum absolute atomic E-state index is 0.00350. The van der Waals surface area contributed by atoms with Gasteiger partial charge in [-0.15, -0.1) is 0 Å². The molecule has 0 unspecified atom stereocenters. The minimum Gasteiger partial charge on any atom is -0.497 e. The van der Waals surface area contributed by atoms with Gasteiger partial charge in [-0.1, -0.05) is 23.7 Å². The van der Waals surface area contributed by atoms with Crippen molar-refractivity contribution in [2.75, 3.05) is 53.6 Å². The van der Waals surface area contributed by atoms with Crippen molar-refractivity contribution in [3.05, 3.63) is 58.6 Å². The topological polar surface area (TPSA) is 51.2 Å². The van der Waals surface area contributed by atoms with Crippen LogP contribution in [0.4, 0.5) is 0 Å². The predicted octanol–water partition coefficient (Wildman–Crippen LogP) is 4.16. The Kier molecular flexibility index (Phi) is 8.82. The third-order valence-corrected chi connectivity index (χ3v) is 5.80. The van der Waals surface area contributed by atoms with Crippen LogP contribution in [0.5, 0.6) is 17.2 Å². The van der Waals surface area contributed by atoms with Gasteiger partial charge in [-0.25, -0.2) is 0 Å². The summed E-state index contributed by atoms with van der Waals surface area (Å²) >= 11 is 6.32. The molecule has 0 aliphatic carbocycles. The third-order valence-electron chi connectivity index (χ3n) is 5.52. The minimum atomic E-state index is 0.00350. The lowest BCUT2D eigenvalue weighted by atomic mass is 10.1. The molecule has 172 valence electrons. The van der Waals surface area contributed by atoms with Crippen LogP contribution in [0.2, 0.25) is 5.02 Å². The van der Waals surface area contributed by atoms with Crippen molar-refractivity contribution in [2.45, 2.75) is 13.3 Å². The Morgan fingerprint density at radius 3 is 2.41 bits per heavy atom. The average molecular weight is 459 g/mol. The van der Waals surface area contributed by atoms with Crippen LogP contribution in [0.1, 0.15) is 18.1 Å². The third kappa shape index (κ3) is 6.40. The Morgan fingerprint density at radius 1 is 1.06 bits per heavy atom. The Hall–Kier alpha value is -2.70. The monoisotopic (exact) mass is 458 g/mol. The Bertz CT molecular complexity index is 922. The number of benzene rings is 2. The van der Waals surface area contributed by atoms with Gasteiger partial charge in [-0.05, 0) is 54.8 Å². The van der Waals surface area contributed by atoms with Crippen LogP contribution in [0, 0.1) is 0 Å². The summed E-state index contributed by atoms with van der Waals surface area (Å²) in [5.74, 6) is 1.95. The number of ether oxygens (including phenoxy) is 3. The molecule has 6 nitrogen and oxygen atoms in total. The maximum Gasteiger partial charge on any atom is 0.246 e. The molecule has 7 heteroatoms. The highest BCUT2D eigenvalue weighted by molar-refractivity contribution is 6.32. The van der Waals surface area contributed by atoms with Gasteiger partial charge in [-0.3, -0.25) is 9.69 Å². The molecule has 0 spiro atoms. The zero-order valence-corrected chi connectivity index (χ0v) is 19.7. The van der Waals surface area contributed by atoms with Crippen LogP contribution in [-0.4, -0.2) is 69.3 Å². The van der Waals surface area contributed by atoms with Crippen LogP contribution < -0.4 is 14.2 Å². The molecular weight excluding hydrogens is 428 g/mol. The molecule has 1 amide bonds. The van der Waals surface area contributed by atoms with E-state index in [4.69, 9.17) is 25.8 Å². The summed E-state index contributed by atoms with van der Waals surface area (Å²) in [7, 11) is 3.25. The largest absolute Gasteiger partial charge is 0.497 e. The smallest absolute Gasteiger partial charge is 0.246 e. The van der Waals surface area contributed by atoms with Crippen LogP contribution >= 0.6 is 11.6 Å². The molecule has 0 saturated carbocycles. The average Bonchev–Trinajstić information content (AvgIpc) is 2.83. The summed E-state index contributed by atoms with van der Waals surface area (Å²) in [4.78, 5) is 16.9. The summed E-state index contributed by atoms with van der Waals surface area (Å²) in [6, 6.07) is 11.8. The van der Waals surface area contributed by atoms with E-state index in [2.05, 4.69) is 17.0 Å². The van der Waals surface area contributed by atoms with Gasteiger partial charge in [0.2, 0.25) is 5.91 Å². The molecule has 0 radical (unpaired) electrons. The second-order valence-electron chi connectivity index (χ2n) is 7.57. The van der Waals surface area contributed by atoms with Gasteiger partial charge < -0.3 is 19.1 Å². The maximum absolute atomic E-state index is 12.6. The highest BCUT2D eigenvalue weighted by Gasteiger charge is 2.19. The van der Waals surface area contributed by atoms with Gasteiger partial charge in [0.1, 0.15) is 5.75 Å². The van der Waals surface area contributed by atoms with Crippen molar-refractivity contribution < 1.29 is 19.0 Å². The van der Waals surface area contributed by atoms with Gasteiger partial charge in [0.25, 0.3) is 0 Å². The highest BCUT2D eigenvalue weighted by Crippen LogP contribution is 2.36. The molecule has 2 aromatic rings. The van der Waals surface area contributed by atoms with Crippen molar-refractivity contribution in [2.24, 2.45) is 0 Å². The number of halogens is 1. The van der Waals surface area contributed by atoms with Crippen LogP contribution in [0.25, 0.3) is 6.08 Å². The summed E-state index contributed by atoms with van der Waals surface area (Å²) in [5.41, 5.74) is 2.08. The van der Waals surface area contributed by atoms with E-state index >= 15 is 0 Å². The second kappa shape index (κ2) is 11.8. The number of methoxy groups -OCH3 is 2. The maximum atomic E-state index is 12.6. The number of amides is 1. The van der Waals surface area contributed by atoms with E-state index < -0.39 is 0 Å². The normalized spacial score (nSPS) is 14.6. The number of nitrogens with zero attached hydrogens (tertiary/aromatic N) is 2. The number of piperazine rings is 1. The van der Waals surface area contributed by atoms with Gasteiger partial charge in [0.05, 0.1) is 25.8 Å². The zero-order chi connectivity index (χ0) is 22.9. The number of rotatable bonds is 9. The first kappa shape index (κ1) is 24.0. The molecule has 0 atom stereocenters. The molecule has 1 aliphatic rings. The van der Waals surface area contributed by atoms with Crippen molar-refractivity contribution >= 4 is 23.6 Å². The van der Waals surface area contributed by atoms with Crippen molar-refractivity contribution in [1.82, 2.24) is 9.80 Å². The number of carbonyl (C=O) groups excluding carboxylic acids is 1. The Labute approximate surface area is 195 Å². The predicted molar refractivity (Wildman–Crippen MR) is 128 cm³/mol. The molecule has 1 saturated heterocycles. The Balaban J connectivity index is 1.49. The molecule has 32 heavy (non-hydrogen) atoms. The van der Waals surface area contributed by atoms with Crippen molar-refractivity contribution in [3.8, 4) is 17.2 Å². The van der Waals surface area contributed by atoms with E-state index in [1.165, 1.54) is 5.56 Å². The standard InChI is InChI=1S/C25H31ClN2O4/c1-4-32-25-22(26)17-20(18-23(25)31-3)7-10-24(29)28-15-13-27(14-16-28)12-11-19-5-8-21(30-2)9-6-19/h5-10,17-18H,4,11-16H2,1-3H3/b10-7+. The van der Waals surface area contributed by atoms with Gasteiger partial charge in [-0.2, -0.15) is 0 Å². The second-order valence-corrected chi connectivity index (χ2v) is 7.97. The van der Waals surface area contributed by atoms with Gasteiger partial charge in [0.15, 0.2) is 11.5 Å². The van der Waals surface area contributed by atoms with E-state index in [9.17, 15) is 4.79 Å². The molecule has 2 aromatic carbocycles. The fourth-order valence-electron chi connectivity index (χ4n) is 3.66. The molecule has 0 N–H and O–H groups in total. The summed E-state index contributed by atoms with van der Waals surface area (Å²) in [6.45, 7) is 6.56. The van der Waals surface area contributed by atoms with E-state index in [1.54, 1.807) is 32.4 Å². The van der Waals surface area contributed by atoms with Crippen LogP contribution in [0.15, 0.2) is 42.5 Å². The lowest BCUT2D eigenvalue weighted by molar-refractivity contribution is -0.127. The molecule has 0 aromatic heterocycles. The molecule has 0 bridgehead atoms. The fourth-order valence-corrected chi connectivity index (χ4v) is 3.94. The number of hydrogen-bond acceptors (Lipinski definition) is 5. The lowest BCUT2D eigenvalue weighted by Gasteiger charge is -2.34. The highest BCUT2D eigenvalue weighted by atomic mass is 35.5. The first-order valence-electron chi connectivity index (χ1n) is 10.9. The van der Waals surface area contributed by atoms with Crippen molar-refractivity contribution in [3.63, 3.8) is 0 Å². The molecular formula is C25H31ClN2O4. The van der Waals surface area contributed by atoms with Gasteiger partial charge in [0, 0.05) is 38.8 Å². The number of hydrogen-bond donors (Lipinski definition) is 0. The molecule has 1 aliphatic heterocycles. The zero-order valence-electron chi connectivity index (χ0n) is 19.0. The summed E-state index contributed by atoms with van der Waals surface area (Å²) in [6.07, 6.45) is 4.35. The molecule has 1 fully saturated rings. The Morgan fingerprint density at radius 2 is 1.78 bits per heavy atom. The van der Waals surface area contributed by atoms with E-state index in [0.29, 0.717) is 23.1 Å². The van der Waals surface area contributed by atoms with Gasteiger partial charge >= 0.3 is 0 Å². The van der Waals surface area contributed by atoms with Crippen molar-refractivity contribution in [1.29, 1.82) is 0 Å². The first-order chi connectivity index (χ1) is 15.5. The van der Waals surface area contributed by atoms with E-state index in [1.807, 2.05) is 30.0 Å². The lowest BCUT2D eigenvalue weighted by Crippen LogP contribution is -2.48. The van der Waals surface area contributed by atoms with Crippen LogP contribution in [-0.2, 0) is 11.2 Å². The molecule has 1 heterocycles. The molecule has 3 rings (SSSR count). The summed E-state index contributed by atoms with van der Waals surface area (Å²) < 4.78 is 16.1. The SMILES string of the molecule is CCOc1c(Cl)cc(/C=C/C(=O)N2CCN(CCc3ccc(OC)cc3)CC2)cc1OC. The number of carbonyl (C=O) groups is 1. The van der Waals surface area contributed by atoms with Crippen LogP contribution in [0.3, 0.4) is 0 Å². The quantitative estimate of drug-likeness (QED) is 0.528. The first-order valence-corrected chi connectivity index (χ1v) is 11.2. The summed E-state index contributed by atoms with van der Waals surface area (Å²) in [5, 5.41) is 0.462. The van der Waals surface area contributed by atoms with E-state index in [-0.39, 0.29) is 5.91 Å².